The average molecular weight is 418 g/mol. The standard InChI is InChI=1S/C20H24ClN5O3/c1-24(18-9-23-19(28-2)10-22-18)11-14-12-25(13-14)20(27)26-6-3-7-29-17-8-15(21)4-5-16(17)26/h4-5,8-10,14H,3,6-7,11-13H2,1-2H3. The van der Waals surface area contributed by atoms with Crippen LogP contribution in [0, 0.1) is 5.92 Å². The molecule has 0 unspecified atom stereocenters. The Kier molecular flexibility index (Phi) is 5.62. The molecule has 0 atom stereocenters. The summed E-state index contributed by atoms with van der Waals surface area (Å²) in [5.74, 6) is 2.33. The molecule has 2 aliphatic rings. The monoisotopic (exact) mass is 417 g/mol. The van der Waals surface area contributed by atoms with E-state index in [-0.39, 0.29) is 6.03 Å². The van der Waals surface area contributed by atoms with Crippen LogP contribution < -0.4 is 19.3 Å². The molecule has 0 aliphatic carbocycles. The molecule has 0 spiro atoms. The highest BCUT2D eigenvalue weighted by Crippen LogP contribution is 2.35. The van der Waals surface area contributed by atoms with Gasteiger partial charge in [0.1, 0.15) is 11.6 Å². The predicted molar refractivity (Wildman–Crippen MR) is 111 cm³/mol. The van der Waals surface area contributed by atoms with Gasteiger partial charge in [-0.1, -0.05) is 11.6 Å². The molecular weight excluding hydrogens is 394 g/mol. The van der Waals surface area contributed by atoms with Crippen LogP contribution in [-0.2, 0) is 0 Å². The molecule has 2 aromatic rings. The third-order valence-corrected chi connectivity index (χ3v) is 5.44. The normalized spacial score (nSPS) is 16.4. The Bertz CT molecular complexity index is 873. The van der Waals surface area contributed by atoms with E-state index in [9.17, 15) is 4.79 Å². The number of carbonyl (C=O) groups is 1. The highest BCUT2D eigenvalue weighted by Gasteiger charge is 2.35. The van der Waals surface area contributed by atoms with Crippen LogP contribution in [0.4, 0.5) is 16.3 Å². The van der Waals surface area contributed by atoms with Crippen molar-refractivity contribution < 1.29 is 14.3 Å². The van der Waals surface area contributed by atoms with Gasteiger partial charge in [-0.15, -0.1) is 0 Å². The summed E-state index contributed by atoms with van der Waals surface area (Å²) in [6.07, 6.45) is 4.08. The highest BCUT2D eigenvalue weighted by atomic mass is 35.5. The Morgan fingerprint density at radius 3 is 2.90 bits per heavy atom. The van der Waals surface area contributed by atoms with Gasteiger partial charge in [0.15, 0.2) is 0 Å². The van der Waals surface area contributed by atoms with Gasteiger partial charge >= 0.3 is 6.03 Å². The number of likely N-dealkylation sites (tertiary alicyclic amines) is 1. The topological polar surface area (TPSA) is 71.0 Å². The van der Waals surface area contributed by atoms with Gasteiger partial charge in [-0.2, -0.15) is 0 Å². The van der Waals surface area contributed by atoms with Crippen LogP contribution in [0.2, 0.25) is 5.02 Å². The number of aromatic nitrogens is 2. The zero-order valence-corrected chi connectivity index (χ0v) is 17.3. The van der Waals surface area contributed by atoms with Crippen molar-refractivity contribution >= 4 is 29.1 Å². The number of anilines is 2. The number of carbonyl (C=O) groups excluding carboxylic acids is 1. The third-order valence-electron chi connectivity index (χ3n) is 5.20. The van der Waals surface area contributed by atoms with Crippen molar-refractivity contribution in [3.8, 4) is 11.6 Å². The average Bonchev–Trinajstić information content (AvgIpc) is 2.91. The lowest BCUT2D eigenvalue weighted by Crippen LogP contribution is -2.57. The fraction of sp³-hybridized carbons (Fsp3) is 0.450. The molecule has 0 bridgehead atoms. The van der Waals surface area contributed by atoms with Gasteiger partial charge in [-0.25, -0.2) is 14.8 Å². The molecule has 9 heteroatoms. The number of urea groups is 1. The first-order valence-corrected chi connectivity index (χ1v) is 9.99. The van der Waals surface area contributed by atoms with Crippen molar-refractivity contribution in [3.05, 3.63) is 35.6 Å². The first-order valence-electron chi connectivity index (χ1n) is 9.61. The number of hydrogen-bond acceptors (Lipinski definition) is 6. The summed E-state index contributed by atoms with van der Waals surface area (Å²) in [6, 6.07) is 5.43. The summed E-state index contributed by atoms with van der Waals surface area (Å²) >= 11 is 6.08. The Hall–Kier alpha value is -2.74. The molecule has 1 saturated heterocycles. The summed E-state index contributed by atoms with van der Waals surface area (Å²) in [6.45, 7) is 3.45. The van der Waals surface area contributed by atoms with E-state index >= 15 is 0 Å². The van der Waals surface area contributed by atoms with E-state index in [1.807, 2.05) is 18.0 Å². The van der Waals surface area contributed by atoms with Crippen molar-refractivity contribution in [2.75, 3.05) is 56.7 Å². The molecule has 0 N–H and O–H groups in total. The minimum atomic E-state index is 0.0159. The molecule has 4 rings (SSSR count). The minimum Gasteiger partial charge on any atom is -0.491 e. The second-order valence-electron chi connectivity index (χ2n) is 7.32. The van der Waals surface area contributed by atoms with Crippen molar-refractivity contribution in [1.29, 1.82) is 0 Å². The number of methoxy groups -OCH3 is 1. The molecule has 8 nitrogen and oxygen atoms in total. The molecule has 2 aliphatic heterocycles. The predicted octanol–water partition coefficient (Wildman–Crippen LogP) is 2.92. The van der Waals surface area contributed by atoms with Gasteiger partial charge in [-0.05, 0) is 18.6 Å². The van der Waals surface area contributed by atoms with E-state index in [4.69, 9.17) is 21.1 Å². The Labute approximate surface area is 175 Å². The maximum atomic E-state index is 13.1. The molecule has 29 heavy (non-hydrogen) atoms. The molecule has 0 saturated carbocycles. The molecule has 154 valence electrons. The number of ether oxygens (including phenoxy) is 2. The van der Waals surface area contributed by atoms with Crippen LogP contribution in [0.1, 0.15) is 6.42 Å². The van der Waals surface area contributed by atoms with Gasteiger partial charge in [0.2, 0.25) is 5.88 Å². The van der Waals surface area contributed by atoms with Crippen LogP contribution in [0.3, 0.4) is 0 Å². The summed E-state index contributed by atoms with van der Waals surface area (Å²) in [7, 11) is 3.55. The summed E-state index contributed by atoms with van der Waals surface area (Å²) in [4.78, 5) is 27.3. The van der Waals surface area contributed by atoms with Crippen LogP contribution in [0.25, 0.3) is 0 Å². The van der Waals surface area contributed by atoms with Crippen LogP contribution in [0.5, 0.6) is 11.6 Å². The van der Waals surface area contributed by atoms with E-state index in [1.165, 1.54) is 0 Å². The first kappa shape index (κ1) is 19.6. The van der Waals surface area contributed by atoms with Crippen molar-refractivity contribution in [1.82, 2.24) is 14.9 Å². The lowest BCUT2D eigenvalue weighted by atomic mass is 10.00. The maximum Gasteiger partial charge on any atom is 0.324 e. The highest BCUT2D eigenvalue weighted by molar-refractivity contribution is 6.30. The second-order valence-corrected chi connectivity index (χ2v) is 7.75. The largest absolute Gasteiger partial charge is 0.491 e. The van der Waals surface area contributed by atoms with Gasteiger partial charge in [0.25, 0.3) is 0 Å². The number of nitrogens with zero attached hydrogens (tertiary/aromatic N) is 5. The fourth-order valence-corrected chi connectivity index (χ4v) is 3.82. The summed E-state index contributed by atoms with van der Waals surface area (Å²) < 4.78 is 10.8. The summed E-state index contributed by atoms with van der Waals surface area (Å²) in [5.41, 5.74) is 0.783. The van der Waals surface area contributed by atoms with E-state index in [2.05, 4.69) is 14.9 Å². The molecular formula is C20H24ClN5O3. The fourth-order valence-electron chi connectivity index (χ4n) is 3.66. The third kappa shape index (κ3) is 4.17. The lowest BCUT2D eigenvalue weighted by molar-refractivity contribution is 0.129. The quantitative estimate of drug-likeness (QED) is 0.761. The molecule has 1 fully saturated rings. The molecule has 1 aromatic heterocycles. The number of halogens is 1. The number of amides is 2. The van der Waals surface area contributed by atoms with E-state index in [0.717, 1.165) is 24.5 Å². The van der Waals surface area contributed by atoms with Gasteiger partial charge in [0.05, 0.1) is 31.8 Å². The SMILES string of the molecule is COc1cnc(N(C)CC2CN(C(=O)N3CCCOc4cc(Cl)ccc43)C2)cn1. The first-order chi connectivity index (χ1) is 14.0. The van der Waals surface area contributed by atoms with Gasteiger partial charge < -0.3 is 19.3 Å². The van der Waals surface area contributed by atoms with E-state index in [0.29, 0.717) is 48.8 Å². The Morgan fingerprint density at radius 2 is 2.17 bits per heavy atom. The number of hydrogen-bond donors (Lipinski definition) is 0. The van der Waals surface area contributed by atoms with Crippen LogP contribution in [0.15, 0.2) is 30.6 Å². The van der Waals surface area contributed by atoms with Crippen molar-refractivity contribution in [2.24, 2.45) is 5.92 Å². The zero-order chi connectivity index (χ0) is 20.4. The number of rotatable bonds is 4. The Morgan fingerprint density at radius 1 is 1.34 bits per heavy atom. The van der Waals surface area contributed by atoms with Crippen LogP contribution in [-0.4, -0.2) is 67.8 Å². The number of fused-ring (bicyclic) bond motifs is 1. The zero-order valence-electron chi connectivity index (χ0n) is 16.5. The van der Waals surface area contributed by atoms with Crippen molar-refractivity contribution in [2.45, 2.75) is 6.42 Å². The van der Waals surface area contributed by atoms with E-state index < -0.39 is 0 Å². The molecule has 1 aromatic carbocycles. The summed E-state index contributed by atoms with van der Waals surface area (Å²) in [5, 5.41) is 0.603. The van der Waals surface area contributed by atoms with Gasteiger partial charge in [-0.3, -0.25) is 4.90 Å². The molecule has 0 radical (unpaired) electrons. The molecule has 2 amide bonds. The number of benzene rings is 1. The van der Waals surface area contributed by atoms with E-state index in [1.54, 1.807) is 36.5 Å². The Balaban J connectivity index is 1.35. The maximum absolute atomic E-state index is 13.1. The lowest BCUT2D eigenvalue weighted by Gasteiger charge is -2.43. The smallest absolute Gasteiger partial charge is 0.324 e. The van der Waals surface area contributed by atoms with Crippen LogP contribution >= 0.6 is 11.6 Å². The second kappa shape index (κ2) is 8.32. The minimum absolute atomic E-state index is 0.0159. The molecule has 3 heterocycles. The van der Waals surface area contributed by atoms with Gasteiger partial charge in [0, 0.05) is 50.2 Å². The van der Waals surface area contributed by atoms with Crippen molar-refractivity contribution in [3.63, 3.8) is 0 Å².